The second-order valence-corrected chi connectivity index (χ2v) is 3.85. The molecule has 1 unspecified atom stereocenters. The predicted octanol–water partition coefficient (Wildman–Crippen LogP) is 2.30. The number of Topliss-reactive ketones (excluding diaryl/α,β-unsaturated/α-hetero) is 1. The lowest BCUT2D eigenvalue weighted by molar-refractivity contribution is -0.140. The molecule has 0 heterocycles. The zero-order valence-electron chi connectivity index (χ0n) is 10.2. The Morgan fingerprint density at radius 1 is 1.41 bits per heavy atom. The molecule has 0 aliphatic heterocycles. The summed E-state index contributed by atoms with van der Waals surface area (Å²) in [7, 11) is 1.55. The number of carbonyl (C=O) groups excluding carboxylic acids is 1. The van der Waals surface area contributed by atoms with Crippen LogP contribution in [0.2, 0.25) is 0 Å². The fraction of sp³-hybridized carbons (Fsp3) is 0.385. The number of ether oxygens (including phenoxy) is 1. The van der Waals surface area contributed by atoms with E-state index < -0.39 is 11.9 Å². The van der Waals surface area contributed by atoms with Crippen molar-refractivity contribution in [3.05, 3.63) is 29.3 Å². The molecule has 17 heavy (non-hydrogen) atoms. The third-order valence-corrected chi connectivity index (χ3v) is 2.70. The Balaban J connectivity index is 3.04. The minimum atomic E-state index is -1.08. The van der Waals surface area contributed by atoms with Gasteiger partial charge in [0.05, 0.1) is 7.11 Å². The van der Waals surface area contributed by atoms with Gasteiger partial charge in [0, 0.05) is 5.56 Å². The molecular formula is C13H16O4. The standard InChI is InChI=1S/C13H16O4/c1-4-10(13(15)16)12(14)9-5-6-11(17-3)8(2)7-9/h5-7,10H,4H2,1-3H3,(H,15,16). The van der Waals surface area contributed by atoms with Gasteiger partial charge in [-0.15, -0.1) is 0 Å². The normalized spacial score (nSPS) is 11.9. The van der Waals surface area contributed by atoms with Gasteiger partial charge >= 0.3 is 5.97 Å². The summed E-state index contributed by atoms with van der Waals surface area (Å²) in [4.78, 5) is 22.9. The first-order valence-electron chi connectivity index (χ1n) is 5.42. The Morgan fingerprint density at radius 2 is 2.06 bits per heavy atom. The average Bonchev–Trinajstić information content (AvgIpc) is 2.29. The minimum absolute atomic E-state index is 0.291. The van der Waals surface area contributed by atoms with E-state index in [1.54, 1.807) is 32.2 Å². The molecule has 92 valence electrons. The van der Waals surface area contributed by atoms with Gasteiger partial charge in [-0.1, -0.05) is 6.92 Å². The van der Waals surface area contributed by atoms with Crippen LogP contribution in [0.15, 0.2) is 18.2 Å². The van der Waals surface area contributed by atoms with Crippen LogP contribution in [0.4, 0.5) is 0 Å². The van der Waals surface area contributed by atoms with Crippen LogP contribution in [0.3, 0.4) is 0 Å². The number of hydrogen-bond acceptors (Lipinski definition) is 3. The first-order chi connectivity index (χ1) is 8.01. The van der Waals surface area contributed by atoms with Gasteiger partial charge in [-0.3, -0.25) is 9.59 Å². The summed E-state index contributed by atoms with van der Waals surface area (Å²) in [5.74, 6) is -1.72. The molecule has 4 nitrogen and oxygen atoms in total. The molecule has 4 heteroatoms. The maximum absolute atomic E-state index is 11.9. The number of carbonyl (C=O) groups is 2. The number of rotatable bonds is 5. The topological polar surface area (TPSA) is 63.6 Å². The van der Waals surface area contributed by atoms with Crippen LogP contribution in [0.1, 0.15) is 29.3 Å². The highest BCUT2D eigenvalue weighted by Gasteiger charge is 2.25. The van der Waals surface area contributed by atoms with Crippen LogP contribution < -0.4 is 4.74 Å². The van der Waals surface area contributed by atoms with Crippen molar-refractivity contribution in [3.63, 3.8) is 0 Å². The van der Waals surface area contributed by atoms with Gasteiger partial charge < -0.3 is 9.84 Å². The van der Waals surface area contributed by atoms with Crippen molar-refractivity contribution in [2.75, 3.05) is 7.11 Å². The van der Waals surface area contributed by atoms with Crippen molar-refractivity contribution in [3.8, 4) is 5.75 Å². The van der Waals surface area contributed by atoms with E-state index in [9.17, 15) is 9.59 Å². The molecule has 0 bridgehead atoms. The van der Waals surface area contributed by atoms with Crippen molar-refractivity contribution in [1.82, 2.24) is 0 Å². The van der Waals surface area contributed by atoms with Crippen LogP contribution in [-0.2, 0) is 4.79 Å². The van der Waals surface area contributed by atoms with Crippen LogP contribution >= 0.6 is 0 Å². The molecule has 1 N–H and O–H groups in total. The van der Waals surface area contributed by atoms with E-state index >= 15 is 0 Å². The largest absolute Gasteiger partial charge is 0.496 e. The molecule has 1 aromatic rings. The quantitative estimate of drug-likeness (QED) is 0.629. The molecule has 0 spiro atoms. The summed E-state index contributed by atoms with van der Waals surface area (Å²) >= 11 is 0. The van der Waals surface area contributed by atoms with E-state index in [0.29, 0.717) is 17.7 Å². The van der Waals surface area contributed by atoms with Crippen LogP contribution in [-0.4, -0.2) is 24.0 Å². The zero-order chi connectivity index (χ0) is 13.0. The Morgan fingerprint density at radius 3 is 2.47 bits per heavy atom. The SMILES string of the molecule is CCC(C(=O)O)C(=O)c1ccc(OC)c(C)c1. The van der Waals surface area contributed by atoms with E-state index in [-0.39, 0.29) is 5.78 Å². The van der Waals surface area contributed by atoms with Gasteiger partial charge in [0.2, 0.25) is 0 Å². The summed E-state index contributed by atoms with van der Waals surface area (Å²) in [6.45, 7) is 3.50. The van der Waals surface area contributed by atoms with E-state index in [1.165, 1.54) is 0 Å². The van der Waals surface area contributed by atoms with Crippen LogP contribution in [0.5, 0.6) is 5.75 Å². The number of hydrogen-bond donors (Lipinski definition) is 1. The molecule has 0 saturated carbocycles. The molecule has 0 radical (unpaired) electrons. The van der Waals surface area contributed by atoms with E-state index in [0.717, 1.165) is 5.56 Å². The highest BCUT2D eigenvalue weighted by atomic mass is 16.5. The Kier molecular flexibility index (Phi) is 4.26. The molecule has 0 amide bonds. The summed E-state index contributed by atoms with van der Waals surface area (Å²) < 4.78 is 5.09. The van der Waals surface area contributed by atoms with E-state index in [1.807, 2.05) is 6.92 Å². The lowest BCUT2D eigenvalue weighted by atomic mass is 9.94. The van der Waals surface area contributed by atoms with Gasteiger partial charge in [0.25, 0.3) is 0 Å². The van der Waals surface area contributed by atoms with Gasteiger partial charge in [0.1, 0.15) is 11.7 Å². The smallest absolute Gasteiger partial charge is 0.314 e. The van der Waals surface area contributed by atoms with Crippen LogP contribution in [0, 0.1) is 12.8 Å². The maximum atomic E-state index is 11.9. The summed E-state index contributed by atoms with van der Waals surface area (Å²) in [6.07, 6.45) is 0.291. The van der Waals surface area contributed by atoms with Gasteiger partial charge in [-0.2, -0.15) is 0 Å². The van der Waals surface area contributed by atoms with Crippen molar-refractivity contribution < 1.29 is 19.4 Å². The Bertz CT molecular complexity index is 437. The fourth-order valence-corrected chi connectivity index (χ4v) is 1.71. The average molecular weight is 236 g/mol. The summed E-state index contributed by atoms with van der Waals surface area (Å²) in [5.41, 5.74) is 1.23. The number of aliphatic carboxylic acids is 1. The highest BCUT2D eigenvalue weighted by Crippen LogP contribution is 2.21. The third kappa shape index (κ3) is 2.84. The molecule has 1 aromatic carbocycles. The number of carboxylic acid groups (broad SMARTS) is 1. The number of methoxy groups -OCH3 is 1. The summed E-state index contributed by atoms with van der Waals surface area (Å²) in [6, 6.07) is 4.93. The first kappa shape index (κ1) is 13.2. The van der Waals surface area contributed by atoms with E-state index in [4.69, 9.17) is 9.84 Å². The lowest BCUT2D eigenvalue weighted by Crippen LogP contribution is -2.23. The Labute approximate surface area is 100 Å². The summed E-state index contributed by atoms with van der Waals surface area (Å²) in [5, 5.41) is 8.93. The molecular weight excluding hydrogens is 220 g/mol. The minimum Gasteiger partial charge on any atom is -0.496 e. The number of benzene rings is 1. The molecule has 0 aromatic heterocycles. The van der Waals surface area contributed by atoms with Gasteiger partial charge in [-0.25, -0.2) is 0 Å². The first-order valence-corrected chi connectivity index (χ1v) is 5.42. The fourth-order valence-electron chi connectivity index (χ4n) is 1.71. The second-order valence-electron chi connectivity index (χ2n) is 3.85. The van der Waals surface area contributed by atoms with Gasteiger partial charge in [-0.05, 0) is 37.1 Å². The monoisotopic (exact) mass is 236 g/mol. The Hall–Kier alpha value is -1.84. The molecule has 1 rings (SSSR count). The van der Waals surface area contributed by atoms with Crippen molar-refractivity contribution in [2.45, 2.75) is 20.3 Å². The molecule has 0 aliphatic carbocycles. The van der Waals surface area contributed by atoms with E-state index in [2.05, 4.69) is 0 Å². The van der Waals surface area contributed by atoms with Crippen molar-refractivity contribution in [1.29, 1.82) is 0 Å². The second kappa shape index (κ2) is 5.48. The van der Waals surface area contributed by atoms with Crippen LogP contribution in [0.25, 0.3) is 0 Å². The predicted molar refractivity (Wildman–Crippen MR) is 63.5 cm³/mol. The lowest BCUT2D eigenvalue weighted by Gasteiger charge is -2.10. The third-order valence-electron chi connectivity index (χ3n) is 2.70. The molecule has 1 atom stereocenters. The van der Waals surface area contributed by atoms with Crippen molar-refractivity contribution >= 4 is 11.8 Å². The highest BCUT2D eigenvalue weighted by molar-refractivity contribution is 6.08. The number of carboxylic acids is 1. The number of ketones is 1. The molecule has 0 fully saturated rings. The molecule has 0 saturated heterocycles. The van der Waals surface area contributed by atoms with Crippen molar-refractivity contribution in [2.24, 2.45) is 5.92 Å². The number of aryl methyl sites for hydroxylation is 1. The zero-order valence-corrected chi connectivity index (χ0v) is 10.2. The van der Waals surface area contributed by atoms with Gasteiger partial charge in [0.15, 0.2) is 5.78 Å². The molecule has 0 aliphatic rings. The maximum Gasteiger partial charge on any atom is 0.314 e.